The molecular weight excluding hydrogens is 359 g/mol. The number of amides is 1. The van der Waals surface area contributed by atoms with Crippen molar-refractivity contribution in [2.75, 3.05) is 7.11 Å². The van der Waals surface area contributed by atoms with Crippen molar-refractivity contribution in [3.8, 4) is 11.3 Å². The van der Waals surface area contributed by atoms with Crippen LogP contribution in [-0.4, -0.2) is 33.2 Å². The molecule has 0 bridgehead atoms. The largest absolute Gasteiger partial charge is 0.378 e. The second-order valence-corrected chi connectivity index (χ2v) is 7.82. The van der Waals surface area contributed by atoms with Gasteiger partial charge in [0, 0.05) is 18.2 Å². The highest BCUT2D eigenvalue weighted by Crippen LogP contribution is 2.39. The summed E-state index contributed by atoms with van der Waals surface area (Å²) in [6.45, 7) is 4.38. The number of aromatic nitrogens is 3. The van der Waals surface area contributed by atoms with Gasteiger partial charge in [0.2, 0.25) is 0 Å². The predicted octanol–water partition coefficient (Wildman–Crippen LogP) is 3.60. The van der Waals surface area contributed by atoms with E-state index < -0.39 is 0 Å². The van der Waals surface area contributed by atoms with E-state index >= 15 is 0 Å². The van der Waals surface area contributed by atoms with E-state index in [2.05, 4.69) is 15.4 Å². The van der Waals surface area contributed by atoms with Crippen molar-refractivity contribution in [1.82, 2.24) is 19.9 Å². The van der Waals surface area contributed by atoms with Crippen LogP contribution in [0.1, 0.15) is 42.7 Å². The Hall–Kier alpha value is -2.80. The lowest BCUT2D eigenvalue weighted by Gasteiger charge is -2.25. The Balaban J connectivity index is 1.78. The van der Waals surface area contributed by atoms with Gasteiger partial charge in [-0.25, -0.2) is 13.9 Å². The van der Waals surface area contributed by atoms with Crippen LogP contribution in [0.5, 0.6) is 0 Å². The molecule has 0 saturated heterocycles. The Morgan fingerprint density at radius 3 is 2.68 bits per heavy atom. The molecular formula is C21H23FN4O2. The van der Waals surface area contributed by atoms with Gasteiger partial charge in [-0.3, -0.25) is 4.79 Å². The molecule has 0 atom stereocenters. The van der Waals surface area contributed by atoms with E-state index in [9.17, 15) is 9.18 Å². The summed E-state index contributed by atoms with van der Waals surface area (Å²) >= 11 is 0. The van der Waals surface area contributed by atoms with Gasteiger partial charge in [0.15, 0.2) is 5.65 Å². The topological polar surface area (TPSA) is 68.5 Å². The number of hydrogen-bond acceptors (Lipinski definition) is 4. The van der Waals surface area contributed by atoms with Crippen molar-refractivity contribution < 1.29 is 13.9 Å². The minimum atomic E-state index is -0.311. The summed E-state index contributed by atoms with van der Waals surface area (Å²) in [7, 11) is 1.59. The second kappa shape index (κ2) is 6.98. The Bertz CT molecular complexity index is 1020. The SMILES string of the molecule is COCc1cc(-c2ccc(F)cc2)n2ncc(C(=O)NC(C)(C)C3CC3)c2n1. The number of carbonyl (C=O) groups is 1. The molecule has 1 saturated carbocycles. The summed E-state index contributed by atoms with van der Waals surface area (Å²) in [5, 5.41) is 7.51. The lowest BCUT2D eigenvalue weighted by Crippen LogP contribution is -2.45. The molecule has 1 N–H and O–H groups in total. The number of nitrogens with zero attached hydrogens (tertiary/aromatic N) is 3. The van der Waals surface area contributed by atoms with E-state index in [0.717, 1.165) is 24.1 Å². The van der Waals surface area contributed by atoms with E-state index in [1.54, 1.807) is 23.8 Å². The first-order chi connectivity index (χ1) is 13.4. The first-order valence-corrected chi connectivity index (χ1v) is 9.34. The van der Waals surface area contributed by atoms with Crippen molar-refractivity contribution in [3.05, 3.63) is 53.6 Å². The minimum absolute atomic E-state index is 0.195. The van der Waals surface area contributed by atoms with Crippen LogP contribution in [0.15, 0.2) is 36.5 Å². The van der Waals surface area contributed by atoms with Crippen LogP contribution < -0.4 is 5.32 Å². The van der Waals surface area contributed by atoms with Crippen molar-refractivity contribution in [2.45, 2.75) is 38.8 Å². The number of methoxy groups -OCH3 is 1. The normalized spacial score (nSPS) is 14.4. The van der Waals surface area contributed by atoms with Crippen LogP contribution >= 0.6 is 0 Å². The number of hydrogen-bond donors (Lipinski definition) is 1. The Morgan fingerprint density at radius 2 is 2.04 bits per heavy atom. The second-order valence-electron chi connectivity index (χ2n) is 7.82. The van der Waals surface area contributed by atoms with Crippen LogP contribution in [0, 0.1) is 11.7 Å². The molecule has 1 aromatic carbocycles. The molecule has 1 fully saturated rings. The average molecular weight is 382 g/mol. The molecule has 1 aliphatic rings. The van der Waals surface area contributed by atoms with E-state index in [1.165, 1.54) is 18.3 Å². The summed E-state index contributed by atoms with van der Waals surface area (Å²) < 4.78 is 20.2. The molecule has 2 heterocycles. The van der Waals surface area contributed by atoms with E-state index in [0.29, 0.717) is 29.4 Å². The van der Waals surface area contributed by atoms with Crippen molar-refractivity contribution >= 4 is 11.6 Å². The fourth-order valence-electron chi connectivity index (χ4n) is 3.49. The highest BCUT2D eigenvalue weighted by atomic mass is 19.1. The van der Waals surface area contributed by atoms with Gasteiger partial charge in [-0.15, -0.1) is 0 Å². The van der Waals surface area contributed by atoms with Crippen LogP contribution in [0.3, 0.4) is 0 Å². The maximum atomic E-state index is 13.3. The van der Waals surface area contributed by atoms with Gasteiger partial charge < -0.3 is 10.1 Å². The fourth-order valence-corrected chi connectivity index (χ4v) is 3.49. The van der Waals surface area contributed by atoms with Crippen LogP contribution in [0.25, 0.3) is 16.9 Å². The summed E-state index contributed by atoms with van der Waals surface area (Å²) in [6.07, 6.45) is 3.80. The van der Waals surface area contributed by atoms with Crippen LogP contribution in [0.4, 0.5) is 4.39 Å². The highest BCUT2D eigenvalue weighted by Gasteiger charge is 2.39. The van der Waals surface area contributed by atoms with Gasteiger partial charge in [-0.05, 0) is 62.9 Å². The molecule has 4 rings (SSSR count). The number of fused-ring (bicyclic) bond motifs is 1. The van der Waals surface area contributed by atoms with Crippen LogP contribution in [-0.2, 0) is 11.3 Å². The predicted molar refractivity (Wildman–Crippen MR) is 103 cm³/mol. The van der Waals surface area contributed by atoms with Gasteiger partial charge in [0.05, 0.1) is 24.2 Å². The van der Waals surface area contributed by atoms with E-state index in [1.807, 2.05) is 19.9 Å². The monoisotopic (exact) mass is 382 g/mol. The van der Waals surface area contributed by atoms with Gasteiger partial charge in [0.25, 0.3) is 5.91 Å². The first kappa shape index (κ1) is 18.6. The lowest BCUT2D eigenvalue weighted by molar-refractivity contribution is 0.0905. The Kier molecular flexibility index (Phi) is 4.63. The molecule has 0 spiro atoms. The summed E-state index contributed by atoms with van der Waals surface area (Å²) in [5.41, 5.74) is 2.77. The molecule has 6 nitrogen and oxygen atoms in total. The first-order valence-electron chi connectivity index (χ1n) is 9.34. The van der Waals surface area contributed by atoms with Crippen molar-refractivity contribution in [3.63, 3.8) is 0 Å². The number of halogens is 1. The number of ether oxygens (including phenoxy) is 1. The van der Waals surface area contributed by atoms with Gasteiger partial charge in [-0.2, -0.15) is 5.10 Å². The Morgan fingerprint density at radius 1 is 1.32 bits per heavy atom. The third kappa shape index (κ3) is 3.49. The maximum absolute atomic E-state index is 13.3. The number of nitrogens with one attached hydrogen (secondary N) is 1. The fraction of sp³-hybridized carbons (Fsp3) is 0.381. The smallest absolute Gasteiger partial charge is 0.257 e. The Labute approximate surface area is 162 Å². The van der Waals surface area contributed by atoms with Crippen LogP contribution in [0.2, 0.25) is 0 Å². The zero-order chi connectivity index (χ0) is 19.9. The standard InChI is InChI=1S/C21H23FN4O2/c1-21(2,14-6-7-14)25-20(27)17-11-23-26-18(13-4-8-15(22)9-5-13)10-16(12-28-3)24-19(17)26/h4-5,8-11,14H,6-7,12H2,1-3H3,(H,25,27). The van der Waals surface area contributed by atoms with Crippen molar-refractivity contribution in [2.24, 2.45) is 5.92 Å². The van der Waals surface area contributed by atoms with Crippen molar-refractivity contribution in [1.29, 1.82) is 0 Å². The molecule has 146 valence electrons. The van der Waals surface area contributed by atoms with E-state index in [4.69, 9.17) is 4.74 Å². The molecule has 1 amide bonds. The van der Waals surface area contributed by atoms with Gasteiger partial charge >= 0.3 is 0 Å². The number of carbonyl (C=O) groups excluding carboxylic acids is 1. The average Bonchev–Trinajstić information content (AvgIpc) is 3.43. The summed E-state index contributed by atoms with van der Waals surface area (Å²) in [4.78, 5) is 17.5. The quantitative estimate of drug-likeness (QED) is 0.707. The van der Waals surface area contributed by atoms with E-state index in [-0.39, 0.29) is 17.3 Å². The molecule has 0 aliphatic heterocycles. The maximum Gasteiger partial charge on any atom is 0.257 e. The summed E-state index contributed by atoms with van der Waals surface area (Å²) in [6, 6.07) is 7.99. The molecule has 28 heavy (non-hydrogen) atoms. The third-order valence-corrected chi connectivity index (χ3v) is 5.24. The molecule has 3 aromatic rings. The zero-order valence-electron chi connectivity index (χ0n) is 16.2. The minimum Gasteiger partial charge on any atom is -0.378 e. The zero-order valence-corrected chi connectivity index (χ0v) is 16.2. The molecule has 1 aliphatic carbocycles. The molecule has 2 aromatic heterocycles. The van der Waals surface area contributed by atoms with Gasteiger partial charge in [-0.1, -0.05) is 0 Å². The summed E-state index contributed by atoms with van der Waals surface area (Å²) in [5.74, 6) is -0.00176. The lowest BCUT2D eigenvalue weighted by atomic mass is 9.98. The third-order valence-electron chi connectivity index (χ3n) is 5.24. The molecule has 0 radical (unpaired) electrons. The molecule has 0 unspecified atom stereocenters. The highest BCUT2D eigenvalue weighted by molar-refractivity contribution is 6.00. The molecule has 7 heteroatoms. The van der Waals surface area contributed by atoms with Gasteiger partial charge in [0.1, 0.15) is 11.4 Å². The number of benzene rings is 1. The number of rotatable bonds is 6.